The molecule has 1 amide bonds. The minimum absolute atomic E-state index is 0.000782. The van der Waals surface area contributed by atoms with E-state index in [4.69, 9.17) is 32.7 Å². The molecule has 14 nitrogen and oxygen atoms in total. The van der Waals surface area contributed by atoms with E-state index in [0.29, 0.717) is 17.1 Å². The van der Waals surface area contributed by atoms with Crippen LogP contribution in [0.25, 0.3) is 0 Å². The van der Waals surface area contributed by atoms with Gasteiger partial charge in [-0.15, -0.1) is 0 Å². The van der Waals surface area contributed by atoms with Crippen molar-refractivity contribution in [2.24, 2.45) is 0 Å². The van der Waals surface area contributed by atoms with Crippen LogP contribution in [0.15, 0.2) is 126 Å². The van der Waals surface area contributed by atoms with Crippen LogP contribution in [0.2, 0.25) is 0 Å². The van der Waals surface area contributed by atoms with Gasteiger partial charge in [0.1, 0.15) is 40.7 Å². The fourth-order valence-corrected chi connectivity index (χ4v) is 10.1. The standard InChI is InChI=1S/C48H54N5O9P/c1-32(2)53(33(3)4)63(59-30-14-28-49)62-43-42-45(52-29-27-41(51-46(52)55)50-44(54)35-15-10-8-11-16-35)61-47(43,31-58-42)34(5)60-48(36-17-12-9-13-18-36,37-19-23-39(56-6)24-20-37)38-21-25-40(57-7)26-22-38/h8-13,15-27,29,32-34,42-43,45H,14,30-31H2,1-7H3,(H,50,51,54,55)/t34-,42-,43+,45-,47-,63?/m1/s1. The number of nitrogens with zero attached hydrogens (tertiary/aromatic N) is 4. The predicted octanol–water partition coefficient (Wildman–Crippen LogP) is 8.24. The van der Waals surface area contributed by atoms with E-state index in [9.17, 15) is 14.9 Å². The van der Waals surface area contributed by atoms with Crippen molar-refractivity contribution in [1.29, 1.82) is 5.26 Å². The molecule has 1 N–H and O–H groups in total. The van der Waals surface area contributed by atoms with Gasteiger partial charge in [0.25, 0.3) is 14.4 Å². The molecule has 0 spiro atoms. The van der Waals surface area contributed by atoms with Crippen LogP contribution in [0, 0.1) is 11.3 Å². The largest absolute Gasteiger partial charge is 0.497 e. The summed E-state index contributed by atoms with van der Waals surface area (Å²) < 4.78 is 49.7. The molecule has 1 unspecified atom stereocenters. The van der Waals surface area contributed by atoms with Crippen molar-refractivity contribution in [2.45, 2.75) is 88.9 Å². The fraction of sp³-hybridized carbons (Fsp3) is 0.375. The lowest BCUT2D eigenvalue weighted by atomic mass is 9.79. The van der Waals surface area contributed by atoms with Crippen LogP contribution >= 0.6 is 8.53 Å². The van der Waals surface area contributed by atoms with Gasteiger partial charge < -0.3 is 38.0 Å². The summed E-state index contributed by atoms with van der Waals surface area (Å²) in [5.74, 6) is 1.04. The first-order valence-corrected chi connectivity index (χ1v) is 22.1. The Morgan fingerprint density at radius 1 is 0.889 bits per heavy atom. The second-order valence-electron chi connectivity index (χ2n) is 15.9. The van der Waals surface area contributed by atoms with Gasteiger partial charge in [0, 0.05) is 23.8 Å². The molecule has 2 bridgehead atoms. The summed E-state index contributed by atoms with van der Waals surface area (Å²) in [6.45, 7) is 10.4. The van der Waals surface area contributed by atoms with Crippen molar-refractivity contribution in [3.05, 3.63) is 154 Å². The number of carbonyl (C=O) groups is 1. The van der Waals surface area contributed by atoms with Gasteiger partial charge in [-0.05, 0) is 93.8 Å². The van der Waals surface area contributed by atoms with Gasteiger partial charge in [-0.25, -0.2) is 9.46 Å². The van der Waals surface area contributed by atoms with Crippen molar-refractivity contribution < 1.29 is 37.5 Å². The minimum atomic E-state index is -1.82. The lowest BCUT2D eigenvalue weighted by Gasteiger charge is -2.44. The number of nitrogens with one attached hydrogen (secondary N) is 1. The third kappa shape index (κ3) is 9.28. The number of hydrogen-bond donors (Lipinski definition) is 1. The molecule has 0 saturated carbocycles. The third-order valence-corrected chi connectivity index (χ3v) is 13.5. The maximum Gasteiger partial charge on any atom is 0.351 e. The Balaban J connectivity index is 1.34. The zero-order valence-corrected chi connectivity index (χ0v) is 37.4. The molecule has 2 aliphatic rings. The Morgan fingerprint density at radius 3 is 2.00 bits per heavy atom. The molecule has 0 radical (unpaired) electrons. The van der Waals surface area contributed by atoms with Gasteiger partial charge in [0.2, 0.25) is 0 Å². The fourth-order valence-electron chi connectivity index (χ4n) is 8.35. The Kier molecular flexibility index (Phi) is 14.4. The summed E-state index contributed by atoms with van der Waals surface area (Å²) in [6.07, 6.45) is -1.82. The average Bonchev–Trinajstić information content (AvgIpc) is 3.81. The normalized spacial score (nSPS) is 20.4. The van der Waals surface area contributed by atoms with E-state index in [-0.39, 0.29) is 37.5 Å². The zero-order valence-electron chi connectivity index (χ0n) is 36.5. The summed E-state index contributed by atoms with van der Waals surface area (Å²) >= 11 is 0. The first-order valence-electron chi connectivity index (χ1n) is 21.0. The van der Waals surface area contributed by atoms with Crippen molar-refractivity contribution in [2.75, 3.05) is 32.8 Å². The summed E-state index contributed by atoms with van der Waals surface area (Å²) in [5, 5.41) is 12.2. The highest BCUT2D eigenvalue weighted by Crippen LogP contribution is 2.57. The van der Waals surface area contributed by atoms with E-state index in [2.05, 4.69) is 48.7 Å². The minimum Gasteiger partial charge on any atom is -0.497 e. The van der Waals surface area contributed by atoms with Crippen LogP contribution in [-0.2, 0) is 28.9 Å². The Bertz CT molecular complexity index is 2340. The Labute approximate surface area is 369 Å². The highest BCUT2D eigenvalue weighted by Gasteiger charge is 2.68. The quantitative estimate of drug-likeness (QED) is 0.0483. The Morgan fingerprint density at radius 2 is 1.46 bits per heavy atom. The van der Waals surface area contributed by atoms with Gasteiger partial charge in [-0.3, -0.25) is 9.36 Å². The zero-order chi connectivity index (χ0) is 44.7. The number of anilines is 1. The first-order chi connectivity index (χ1) is 30.4. The van der Waals surface area contributed by atoms with Crippen molar-refractivity contribution >= 4 is 20.3 Å². The highest BCUT2D eigenvalue weighted by atomic mass is 31.2. The van der Waals surface area contributed by atoms with Gasteiger partial charge in [0.15, 0.2) is 6.23 Å². The van der Waals surface area contributed by atoms with Crippen molar-refractivity contribution in [1.82, 2.24) is 14.2 Å². The number of amides is 1. The van der Waals surface area contributed by atoms with Gasteiger partial charge in [0.05, 0.1) is 46.0 Å². The van der Waals surface area contributed by atoms with E-state index in [0.717, 1.165) is 16.7 Å². The van der Waals surface area contributed by atoms with Crippen LogP contribution in [0.4, 0.5) is 5.82 Å². The average molecular weight is 876 g/mol. The second-order valence-corrected chi connectivity index (χ2v) is 17.3. The number of aromatic nitrogens is 2. The summed E-state index contributed by atoms with van der Waals surface area (Å²) in [6, 6.07) is 37.8. The van der Waals surface area contributed by atoms with Crippen LogP contribution in [-0.4, -0.2) is 83.6 Å². The number of carbonyl (C=O) groups excluding carboxylic acids is 1. The molecule has 2 aliphatic heterocycles. The maximum atomic E-state index is 14.0. The molecule has 1 aromatic heterocycles. The van der Waals surface area contributed by atoms with Crippen LogP contribution in [0.5, 0.6) is 11.5 Å². The number of fused-ring (bicyclic) bond motifs is 2. The van der Waals surface area contributed by atoms with E-state index < -0.39 is 55.9 Å². The highest BCUT2D eigenvalue weighted by molar-refractivity contribution is 7.44. The van der Waals surface area contributed by atoms with Gasteiger partial charge >= 0.3 is 5.69 Å². The van der Waals surface area contributed by atoms with E-state index in [1.54, 1.807) is 44.6 Å². The lowest BCUT2D eigenvalue weighted by molar-refractivity contribution is -0.230. The van der Waals surface area contributed by atoms with Crippen LogP contribution in [0.3, 0.4) is 0 Å². The summed E-state index contributed by atoms with van der Waals surface area (Å²) in [4.78, 5) is 31.2. The van der Waals surface area contributed by atoms with Crippen molar-refractivity contribution in [3.8, 4) is 17.6 Å². The number of benzene rings is 4. The number of nitriles is 1. The first kappa shape index (κ1) is 45.5. The number of rotatable bonds is 19. The SMILES string of the molecule is COc1ccc(C(O[C@H](C)[C@@]23CO[C@@H]([C@H](n4ccc(NC(=O)c5ccccc5)nc4=O)O2)[C@@H]3OP(OCCC#N)N(C(C)C)C(C)C)(c2ccccc2)c2ccc(OC)cc2)cc1. The summed E-state index contributed by atoms with van der Waals surface area (Å²) in [7, 11) is 1.43. The molecule has 4 aromatic carbocycles. The van der Waals surface area contributed by atoms with Gasteiger partial charge in [-0.1, -0.05) is 72.8 Å². The molecule has 15 heteroatoms. The molecule has 2 saturated heterocycles. The van der Waals surface area contributed by atoms with E-state index in [1.807, 2.05) is 91.9 Å². The molecular formula is C48H54N5O9P. The Hall–Kier alpha value is -5.49. The number of hydrogen-bond acceptors (Lipinski definition) is 12. The number of methoxy groups -OCH3 is 2. The molecule has 7 rings (SSSR count). The second kappa shape index (κ2) is 19.9. The monoisotopic (exact) mass is 875 g/mol. The summed E-state index contributed by atoms with van der Waals surface area (Å²) in [5.41, 5.74) is -0.368. The van der Waals surface area contributed by atoms with Crippen molar-refractivity contribution in [3.63, 3.8) is 0 Å². The predicted molar refractivity (Wildman–Crippen MR) is 238 cm³/mol. The van der Waals surface area contributed by atoms with Crippen LogP contribution in [0.1, 0.15) is 74.3 Å². The molecule has 2 fully saturated rings. The van der Waals surface area contributed by atoms with Crippen LogP contribution < -0.4 is 20.5 Å². The lowest BCUT2D eigenvalue weighted by Crippen LogP contribution is -2.55. The molecule has 3 heterocycles. The topological polar surface area (TPSA) is 156 Å². The van der Waals surface area contributed by atoms with E-state index >= 15 is 0 Å². The molecule has 5 aromatic rings. The third-order valence-electron chi connectivity index (χ3n) is 11.4. The molecular weight excluding hydrogens is 822 g/mol. The molecule has 6 atom stereocenters. The molecule has 0 aliphatic carbocycles. The smallest absolute Gasteiger partial charge is 0.351 e. The maximum absolute atomic E-state index is 14.0. The molecule has 63 heavy (non-hydrogen) atoms. The molecule has 330 valence electrons. The number of ether oxygens (including phenoxy) is 5. The van der Waals surface area contributed by atoms with Gasteiger partial charge in [-0.2, -0.15) is 10.2 Å². The van der Waals surface area contributed by atoms with E-state index in [1.165, 1.54) is 10.8 Å².